The van der Waals surface area contributed by atoms with E-state index < -0.39 is 4.92 Å². The van der Waals surface area contributed by atoms with Crippen LogP contribution in [0.3, 0.4) is 0 Å². The highest BCUT2D eigenvalue weighted by atomic mass is 16.6. The van der Waals surface area contributed by atoms with Gasteiger partial charge in [0, 0.05) is 18.4 Å². The quantitative estimate of drug-likeness (QED) is 0.488. The molecule has 0 aliphatic heterocycles. The molecule has 28 heavy (non-hydrogen) atoms. The molecule has 1 aromatic heterocycles. The van der Waals surface area contributed by atoms with Crippen LogP contribution in [-0.2, 0) is 0 Å². The fourth-order valence-electron chi connectivity index (χ4n) is 2.61. The first-order chi connectivity index (χ1) is 13.4. The molecule has 0 saturated carbocycles. The lowest BCUT2D eigenvalue weighted by atomic mass is 10.2. The van der Waals surface area contributed by atoms with Gasteiger partial charge >= 0.3 is 5.69 Å². The summed E-state index contributed by atoms with van der Waals surface area (Å²) < 4.78 is 5.12. The fourth-order valence-corrected chi connectivity index (χ4v) is 2.61. The second-order valence-electron chi connectivity index (χ2n) is 5.99. The van der Waals surface area contributed by atoms with Crippen molar-refractivity contribution in [2.45, 2.75) is 6.92 Å². The highest BCUT2D eigenvalue weighted by molar-refractivity contribution is 5.70. The van der Waals surface area contributed by atoms with Crippen LogP contribution in [0.15, 0.2) is 48.5 Å². The zero-order valence-electron chi connectivity index (χ0n) is 15.6. The predicted molar refractivity (Wildman–Crippen MR) is 106 cm³/mol. The number of methoxy groups -OCH3 is 1. The Morgan fingerprint density at radius 1 is 1.11 bits per heavy atom. The summed E-state index contributed by atoms with van der Waals surface area (Å²) in [7, 11) is 3.30. The average Bonchev–Trinajstić information content (AvgIpc) is 2.68. The number of nitrogens with zero attached hydrogens (tertiary/aromatic N) is 4. The van der Waals surface area contributed by atoms with Crippen molar-refractivity contribution in [3.63, 3.8) is 0 Å². The molecule has 3 rings (SSSR count). The SMILES string of the molecule is COc1ccc(Nc2nc(N(C)c3ccc(O)cc3)nc(C)c2[N+](=O)[O-])cc1. The molecule has 0 fully saturated rings. The van der Waals surface area contributed by atoms with Crippen molar-refractivity contribution in [3.8, 4) is 11.5 Å². The van der Waals surface area contributed by atoms with E-state index in [9.17, 15) is 15.2 Å². The maximum Gasteiger partial charge on any atom is 0.332 e. The van der Waals surface area contributed by atoms with E-state index in [1.807, 2.05) is 0 Å². The summed E-state index contributed by atoms with van der Waals surface area (Å²) in [6.07, 6.45) is 0. The Morgan fingerprint density at radius 2 is 1.75 bits per heavy atom. The lowest BCUT2D eigenvalue weighted by Gasteiger charge is -2.19. The topological polar surface area (TPSA) is 114 Å². The molecule has 0 radical (unpaired) electrons. The van der Waals surface area contributed by atoms with Gasteiger partial charge < -0.3 is 20.1 Å². The molecule has 0 amide bonds. The molecule has 144 valence electrons. The number of phenolic OH excluding ortho intramolecular Hbond substituents is 1. The summed E-state index contributed by atoms with van der Waals surface area (Å²) in [6.45, 7) is 1.56. The zero-order chi connectivity index (χ0) is 20.3. The van der Waals surface area contributed by atoms with Crippen molar-refractivity contribution in [1.29, 1.82) is 0 Å². The zero-order valence-corrected chi connectivity index (χ0v) is 15.6. The van der Waals surface area contributed by atoms with E-state index in [-0.39, 0.29) is 28.9 Å². The fraction of sp³-hybridized carbons (Fsp3) is 0.158. The maximum absolute atomic E-state index is 11.5. The van der Waals surface area contributed by atoms with Crippen molar-refractivity contribution >= 4 is 28.8 Å². The molecule has 0 bridgehead atoms. The summed E-state index contributed by atoms with van der Waals surface area (Å²) in [5, 5.41) is 24.0. The van der Waals surface area contributed by atoms with Gasteiger partial charge in [-0.3, -0.25) is 10.1 Å². The van der Waals surface area contributed by atoms with E-state index in [2.05, 4.69) is 15.3 Å². The van der Waals surface area contributed by atoms with Gasteiger partial charge in [-0.2, -0.15) is 4.98 Å². The first-order valence-corrected chi connectivity index (χ1v) is 8.36. The summed E-state index contributed by atoms with van der Waals surface area (Å²) >= 11 is 0. The third-order valence-corrected chi connectivity index (χ3v) is 4.12. The first kappa shape index (κ1) is 18.9. The van der Waals surface area contributed by atoms with Gasteiger partial charge in [0.2, 0.25) is 11.8 Å². The number of hydrogen-bond donors (Lipinski definition) is 2. The molecule has 0 spiro atoms. The number of rotatable bonds is 6. The molecule has 9 nitrogen and oxygen atoms in total. The highest BCUT2D eigenvalue weighted by Crippen LogP contribution is 2.32. The van der Waals surface area contributed by atoms with Crippen LogP contribution in [-0.4, -0.2) is 34.2 Å². The van der Waals surface area contributed by atoms with Crippen LogP contribution in [0.25, 0.3) is 0 Å². The summed E-state index contributed by atoms with van der Waals surface area (Å²) in [5.74, 6) is 1.18. The monoisotopic (exact) mass is 381 g/mol. The summed E-state index contributed by atoms with van der Waals surface area (Å²) in [4.78, 5) is 21.3. The molecule has 0 saturated heterocycles. The molecular weight excluding hydrogens is 362 g/mol. The van der Waals surface area contributed by atoms with E-state index in [0.717, 1.165) is 5.69 Å². The minimum absolute atomic E-state index is 0.0864. The highest BCUT2D eigenvalue weighted by Gasteiger charge is 2.24. The predicted octanol–water partition coefficient (Wildman–Crippen LogP) is 3.92. The van der Waals surface area contributed by atoms with Crippen LogP contribution < -0.4 is 15.0 Å². The van der Waals surface area contributed by atoms with E-state index in [1.165, 1.54) is 0 Å². The molecule has 0 atom stereocenters. The summed E-state index contributed by atoms with van der Waals surface area (Å²) in [6, 6.07) is 13.4. The minimum atomic E-state index is -0.508. The molecular formula is C19H19N5O4. The van der Waals surface area contributed by atoms with Crippen LogP contribution >= 0.6 is 0 Å². The second-order valence-corrected chi connectivity index (χ2v) is 5.99. The molecule has 2 N–H and O–H groups in total. The van der Waals surface area contributed by atoms with Gasteiger partial charge in [-0.25, -0.2) is 4.98 Å². The van der Waals surface area contributed by atoms with Crippen LogP contribution in [0, 0.1) is 17.0 Å². The Bertz CT molecular complexity index is 990. The van der Waals surface area contributed by atoms with Gasteiger partial charge in [0.05, 0.1) is 12.0 Å². The van der Waals surface area contributed by atoms with E-state index in [4.69, 9.17) is 4.74 Å². The minimum Gasteiger partial charge on any atom is -0.508 e. The summed E-state index contributed by atoms with van der Waals surface area (Å²) in [5.41, 5.74) is 1.39. The molecule has 1 heterocycles. The number of aromatic hydroxyl groups is 1. The van der Waals surface area contributed by atoms with Gasteiger partial charge in [0.15, 0.2) is 0 Å². The van der Waals surface area contributed by atoms with Gasteiger partial charge in [0.25, 0.3) is 0 Å². The molecule has 2 aromatic carbocycles. The molecule has 3 aromatic rings. The first-order valence-electron chi connectivity index (χ1n) is 8.36. The third-order valence-electron chi connectivity index (χ3n) is 4.12. The van der Waals surface area contributed by atoms with Gasteiger partial charge in [-0.05, 0) is 55.5 Å². The van der Waals surface area contributed by atoms with Gasteiger partial charge in [-0.1, -0.05) is 0 Å². The van der Waals surface area contributed by atoms with Crippen LogP contribution in [0.5, 0.6) is 11.5 Å². The number of nitrogens with one attached hydrogen (secondary N) is 1. The molecule has 0 aliphatic rings. The average molecular weight is 381 g/mol. The largest absolute Gasteiger partial charge is 0.508 e. The normalized spacial score (nSPS) is 10.4. The van der Waals surface area contributed by atoms with Crippen molar-refractivity contribution in [2.24, 2.45) is 0 Å². The lowest BCUT2D eigenvalue weighted by molar-refractivity contribution is -0.385. The smallest absolute Gasteiger partial charge is 0.332 e. The Labute approximate surface area is 161 Å². The Hall–Kier alpha value is -3.88. The van der Waals surface area contributed by atoms with Crippen molar-refractivity contribution in [1.82, 2.24) is 9.97 Å². The molecule has 0 unspecified atom stereocenters. The number of aromatic nitrogens is 2. The maximum atomic E-state index is 11.5. The van der Waals surface area contributed by atoms with Crippen molar-refractivity contribution in [2.75, 3.05) is 24.4 Å². The number of benzene rings is 2. The number of aryl methyl sites for hydroxylation is 1. The number of phenols is 1. The Balaban J connectivity index is 2.01. The lowest BCUT2D eigenvalue weighted by Crippen LogP contribution is -2.15. The van der Waals surface area contributed by atoms with Crippen molar-refractivity contribution < 1.29 is 14.8 Å². The number of anilines is 4. The van der Waals surface area contributed by atoms with E-state index >= 15 is 0 Å². The van der Waals surface area contributed by atoms with Crippen LogP contribution in [0.1, 0.15) is 5.69 Å². The van der Waals surface area contributed by atoms with E-state index in [0.29, 0.717) is 11.4 Å². The number of nitro groups is 1. The Kier molecular flexibility index (Phi) is 5.25. The van der Waals surface area contributed by atoms with Gasteiger partial charge in [-0.15, -0.1) is 0 Å². The van der Waals surface area contributed by atoms with Crippen molar-refractivity contribution in [3.05, 3.63) is 64.3 Å². The number of ether oxygens (including phenoxy) is 1. The van der Waals surface area contributed by atoms with E-state index in [1.54, 1.807) is 74.5 Å². The van der Waals surface area contributed by atoms with Crippen LogP contribution in [0.2, 0.25) is 0 Å². The Morgan fingerprint density at radius 3 is 2.32 bits per heavy atom. The third kappa shape index (κ3) is 3.93. The molecule has 9 heteroatoms. The molecule has 0 aliphatic carbocycles. The van der Waals surface area contributed by atoms with Crippen LogP contribution in [0.4, 0.5) is 28.8 Å². The number of hydrogen-bond acceptors (Lipinski definition) is 8. The second kappa shape index (κ2) is 7.78. The van der Waals surface area contributed by atoms with Gasteiger partial charge in [0.1, 0.15) is 17.2 Å². The standard InChI is InChI=1S/C19H19N5O4/c1-12-17(24(26)27)18(21-13-4-10-16(28-3)11-5-13)22-19(20-12)23(2)14-6-8-15(25)9-7-14/h4-11,25H,1-3H3,(H,20,21,22).